The predicted octanol–water partition coefficient (Wildman–Crippen LogP) is 3.83. The summed E-state index contributed by atoms with van der Waals surface area (Å²) >= 11 is 0. The van der Waals surface area contributed by atoms with Gasteiger partial charge in [0.25, 0.3) is 5.91 Å². The molecule has 1 N–H and O–H groups in total. The summed E-state index contributed by atoms with van der Waals surface area (Å²) in [5, 5.41) is 2.81. The van der Waals surface area contributed by atoms with E-state index in [2.05, 4.69) is 5.32 Å². The molecule has 0 spiro atoms. The van der Waals surface area contributed by atoms with Crippen LogP contribution in [0.5, 0.6) is 11.5 Å². The summed E-state index contributed by atoms with van der Waals surface area (Å²) in [5.41, 5.74) is 1.36. The molecule has 3 aromatic rings. The number of hydrogen-bond acceptors (Lipinski definition) is 4. The number of ether oxygens (including phenoxy) is 2. The van der Waals surface area contributed by atoms with E-state index in [1.807, 2.05) is 18.2 Å². The van der Waals surface area contributed by atoms with Gasteiger partial charge < -0.3 is 19.2 Å². The smallest absolute Gasteiger partial charge is 0.287 e. The number of hydrogen-bond donors (Lipinski definition) is 1. The van der Waals surface area contributed by atoms with Gasteiger partial charge in [-0.2, -0.15) is 0 Å². The van der Waals surface area contributed by atoms with Gasteiger partial charge in [0.2, 0.25) is 0 Å². The van der Waals surface area contributed by atoms with Crippen LogP contribution in [0, 0.1) is 5.82 Å². The van der Waals surface area contributed by atoms with E-state index in [9.17, 15) is 9.18 Å². The van der Waals surface area contributed by atoms with E-state index >= 15 is 0 Å². The summed E-state index contributed by atoms with van der Waals surface area (Å²) in [6.07, 6.45) is 0.642. The Kier molecular flexibility index (Phi) is 4.78. The normalized spacial score (nSPS) is 12.6. The Morgan fingerprint density at radius 1 is 1.00 bits per heavy atom. The molecule has 6 heteroatoms. The highest BCUT2D eigenvalue weighted by molar-refractivity contribution is 5.92. The minimum absolute atomic E-state index is 0.149. The molecule has 0 bridgehead atoms. The summed E-state index contributed by atoms with van der Waals surface area (Å²) in [5.74, 6) is 1.21. The zero-order valence-electron chi connectivity index (χ0n) is 14.5. The number of benzene rings is 2. The number of halogens is 1. The van der Waals surface area contributed by atoms with Crippen LogP contribution in [0.4, 0.5) is 4.39 Å². The molecule has 0 aliphatic carbocycles. The van der Waals surface area contributed by atoms with E-state index in [1.54, 1.807) is 30.3 Å². The number of amides is 1. The van der Waals surface area contributed by atoms with Crippen LogP contribution in [0.1, 0.15) is 16.1 Å². The number of carbonyl (C=O) groups is 1. The van der Waals surface area contributed by atoms with Gasteiger partial charge in [-0.25, -0.2) is 4.39 Å². The van der Waals surface area contributed by atoms with Crippen molar-refractivity contribution in [1.29, 1.82) is 0 Å². The molecule has 0 fully saturated rings. The van der Waals surface area contributed by atoms with Crippen molar-refractivity contribution in [3.63, 3.8) is 0 Å². The first-order valence-electron chi connectivity index (χ1n) is 8.72. The van der Waals surface area contributed by atoms with Crippen LogP contribution in [-0.4, -0.2) is 25.7 Å². The van der Waals surface area contributed by atoms with Crippen molar-refractivity contribution in [2.75, 3.05) is 19.8 Å². The first kappa shape index (κ1) is 17.1. The summed E-state index contributed by atoms with van der Waals surface area (Å²) in [6.45, 7) is 1.53. The van der Waals surface area contributed by atoms with Gasteiger partial charge in [0.05, 0.1) is 5.56 Å². The molecule has 0 atom stereocenters. The molecule has 0 radical (unpaired) electrons. The second-order valence-corrected chi connectivity index (χ2v) is 6.13. The molecule has 5 nitrogen and oxygen atoms in total. The first-order chi connectivity index (χ1) is 13.2. The van der Waals surface area contributed by atoms with Crippen molar-refractivity contribution >= 4 is 5.91 Å². The van der Waals surface area contributed by atoms with E-state index < -0.39 is 5.82 Å². The third-order valence-electron chi connectivity index (χ3n) is 4.27. The lowest BCUT2D eigenvalue weighted by molar-refractivity contribution is 0.0927. The Labute approximate surface area is 155 Å². The molecule has 27 heavy (non-hydrogen) atoms. The lowest BCUT2D eigenvalue weighted by Crippen LogP contribution is -2.25. The van der Waals surface area contributed by atoms with Crippen molar-refractivity contribution in [3.8, 4) is 22.8 Å². The summed E-state index contributed by atoms with van der Waals surface area (Å²) < 4.78 is 30.4. The molecule has 1 amide bonds. The minimum atomic E-state index is -0.391. The predicted molar refractivity (Wildman–Crippen MR) is 97.6 cm³/mol. The minimum Gasteiger partial charge on any atom is -0.486 e. The Bertz CT molecular complexity index is 966. The second kappa shape index (κ2) is 7.53. The third-order valence-corrected chi connectivity index (χ3v) is 4.27. The Morgan fingerprint density at radius 2 is 1.81 bits per heavy atom. The monoisotopic (exact) mass is 367 g/mol. The highest BCUT2D eigenvalue weighted by atomic mass is 19.1. The first-order valence-corrected chi connectivity index (χ1v) is 8.72. The van der Waals surface area contributed by atoms with Gasteiger partial charge in [-0.05, 0) is 48.4 Å². The standard InChI is InChI=1S/C21H18FNO4/c22-16-4-2-1-3-15(16)17-7-8-19(27-17)21(24)23-10-9-14-5-6-18-20(13-14)26-12-11-25-18/h1-8,13H,9-12H2,(H,23,24). The largest absolute Gasteiger partial charge is 0.486 e. The summed E-state index contributed by atoms with van der Waals surface area (Å²) in [4.78, 5) is 12.3. The highest BCUT2D eigenvalue weighted by Crippen LogP contribution is 2.30. The van der Waals surface area contributed by atoms with Gasteiger partial charge in [-0.1, -0.05) is 18.2 Å². The van der Waals surface area contributed by atoms with Crippen LogP contribution < -0.4 is 14.8 Å². The van der Waals surface area contributed by atoms with Crippen molar-refractivity contribution in [2.24, 2.45) is 0 Å². The average Bonchev–Trinajstić information content (AvgIpc) is 3.18. The quantitative estimate of drug-likeness (QED) is 0.745. The van der Waals surface area contributed by atoms with Crippen LogP contribution >= 0.6 is 0 Å². The number of fused-ring (bicyclic) bond motifs is 1. The molecule has 2 heterocycles. The zero-order valence-corrected chi connectivity index (χ0v) is 14.5. The van der Waals surface area contributed by atoms with Gasteiger partial charge in [0.15, 0.2) is 17.3 Å². The molecule has 0 saturated carbocycles. The maximum absolute atomic E-state index is 13.8. The van der Waals surface area contributed by atoms with E-state index in [0.29, 0.717) is 37.5 Å². The average molecular weight is 367 g/mol. The van der Waals surface area contributed by atoms with E-state index in [-0.39, 0.29) is 11.7 Å². The van der Waals surface area contributed by atoms with Gasteiger partial charge in [-0.3, -0.25) is 4.79 Å². The maximum atomic E-state index is 13.8. The Hall–Kier alpha value is -3.28. The van der Waals surface area contributed by atoms with Crippen molar-refractivity contribution in [1.82, 2.24) is 5.32 Å². The fourth-order valence-electron chi connectivity index (χ4n) is 2.92. The molecule has 1 aliphatic rings. The van der Waals surface area contributed by atoms with Crippen LogP contribution in [-0.2, 0) is 6.42 Å². The van der Waals surface area contributed by atoms with Crippen LogP contribution in [0.25, 0.3) is 11.3 Å². The van der Waals surface area contributed by atoms with E-state index in [0.717, 1.165) is 17.1 Å². The van der Waals surface area contributed by atoms with E-state index in [4.69, 9.17) is 13.9 Å². The van der Waals surface area contributed by atoms with Gasteiger partial charge in [0, 0.05) is 6.54 Å². The zero-order chi connectivity index (χ0) is 18.6. The van der Waals surface area contributed by atoms with Gasteiger partial charge >= 0.3 is 0 Å². The number of carbonyl (C=O) groups excluding carboxylic acids is 1. The van der Waals surface area contributed by atoms with Crippen molar-refractivity contribution in [3.05, 3.63) is 71.7 Å². The Morgan fingerprint density at radius 3 is 2.67 bits per heavy atom. The Balaban J connectivity index is 1.35. The molecule has 0 saturated heterocycles. The number of furan rings is 1. The summed E-state index contributed by atoms with van der Waals surface area (Å²) in [6, 6.07) is 15.2. The summed E-state index contributed by atoms with van der Waals surface area (Å²) in [7, 11) is 0. The molecule has 4 rings (SSSR count). The second-order valence-electron chi connectivity index (χ2n) is 6.13. The fraction of sp³-hybridized carbons (Fsp3) is 0.190. The highest BCUT2D eigenvalue weighted by Gasteiger charge is 2.15. The SMILES string of the molecule is O=C(NCCc1ccc2c(c1)OCCO2)c1ccc(-c2ccccc2F)o1. The van der Waals surface area contributed by atoms with E-state index in [1.165, 1.54) is 6.07 Å². The van der Waals surface area contributed by atoms with Crippen LogP contribution in [0.3, 0.4) is 0 Å². The molecule has 2 aromatic carbocycles. The number of nitrogens with one attached hydrogen (secondary N) is 1. The molecule has 1 aliphatic heterocycles. The van der Waals surface area contributed by atoms with Crippen molar-refractivity contribution in [2.45, 2.75) is 6.42 Å². The maximum Gasteiger partial charge on any atom is 0.287 e. The number of rotatable bonds is 5. The molecule has 1 aromatic heterocycles. The van der Waals surface area contributed by atoms with Gasteiger partial charge in [-0.15, -0.1) is 0 Å². The molecule has 0 unspecified atom stereocenters. The molecular weight excluding hydrogens is 349 g/mol. The molecular formula is C21H18FNO4. The lowest BCUT2D eigenvalue weighted by Gasteiger charge is -2.18. The lowest BCUT2D eigenvalue weighted by atomic mass is 10.1. The molecule has 138 valence electrons. The van der Waals surface area contributed by atoms with Crippen molar-refractivity contribution < 1.29 is 23.1 Å². The third kappa shape index (κ3) is 3.79. The fourth-order valence-corrected chi connectivity index (χ4v) is 2.92. The van der Waals surface area contributed by atoms with Crippen LogP contribution in [0.15, 0.2) is 59.0 Å². The van der Waals surface area contributed by atoms with Gasteiger partial charge in [0.1, 0.15) is 24.8 Å². The van der Waals surface area contributed by atoms with Crippen LogP contribution in [0.2, 0.25) is 0 Å². The topological polar surface area (TPSA) is 60.7 Å².